The molecule has 4 nitrogen and oxygen atoms in total. The van der Waals surface area contributed by atoms with Crippen LogP contribution in [0.3, 0.4) is 0 Å². The van der Waals surface area contributed by atoms with E-state index in [0.717, 1.165) is 0 Å². The maximum absolute atomic E-state index is 12.8. The summed E-state index contributed by atoms with van der Waals surface area (Å²) in [4.78, 5) is 18.0. The SMILES string of the molecule is CN(C)c1cccc(C(=O)Nc2ccc(F)cc2)n1. The Labute approximate surface area is 110 Å². The molecule has 19 heavy (non-hydrogen) atoms. The van der Waals surface area contributed by atoms with Crippen LogP contribution in [0.1, 0.15) is 10.5 Å². The topological polar surface area (TPSA) is 45.2 Å². The van der Waals surface area contributed by atoms with Crippen LogP contribution in [0.2, 0.25) is 0 Å². The van der Waals surface area contributed by atoms with Crippen LogP contribution >= 0.6 is 0 Å². The molecule has 0 fully saturated rings. The normalized spacial score (nSPS) is 10.1. The van der Waals surface area contributed by atoms with Crippen molar-refractivity contribution in [1.82, 2.24) is 4.98 Å². The van der Waals surface area contributed by atoms with Crippen LogP contribution < -0.4 is 10.2 Å². The second-order valence-electron chi connectivity index (χ2n) is 4.24. The van der Waals surface area contributed by atoms with E-state index in [-0.39, 0.29) is 11.7 Å². The number of nitrogens with one attached hydrogen (secondary N) is 1. The van der Waals surface area contributed by atoms with Gasteiger partial charge in [0.2, 0.25) is 0 Å². The number of hydrogen-bond donors (Lipinski definition) is 1. The first-order valence-electron chi connectivity index (χ1n) is 5.77. The fourth-order valence-electron chi connectivity index (χ4n) is 1.53. The highest BCUT2D eigenvalue weighted by Crippen LogP contribution is 2.12. The summed E-state index contributed by atoms with van der Waals surface area (Å²) in [5, 5.41) is 2.66. The lowest BCUT2D eigenvalue weighted by atomic mass is 10.3. The summed E-state index contributed by atoms with van der Waals surface area (Å²) in [5.41, 5.74) is 0.846. The average Bonchev–Trinajstić information content (AvgIpc) is 2.41. The molecule has 2 aromatic rings. The zero-order valence-electron chi connectivity index (χ0n) is 10.7. The molecule has 2 rings (SSSR count). The molecule has 1 heterocycles. The lowest BCUT2D eigenvalue weighted by Crippen LogP contribution is -2.17. The van der Waals surface area contributed by atoms with Crippen molar-refractivity contribution in [3.63, 3.8) is 0 Å². The van der Waals surface area contributed by atoms with Gasteiger partial charge in [0.15, 0.2) is 0 Å². The molecule has 0 saturated heterocycles. The lowest BCUT2D eigenvalue weighted by Gasteiger charge is -2.12. The fourth-order valence-corrected chi connectivity index (χ4v) is 1.53. The van der Waals surface area contributed by atoms with Crippen LogP contribution in [0.25, 0.3) is 0 Å². The van der Waals surface area contributed by atoms with E-state index in [4.69, 9.17) is 0 Å². The smallest absolute Gasteiger partial charge is 0.274 e. The van der Waals surface area contributed by atoms with Crippen LogP contribution in [0.15, 0.2) is 42.5 Å². The minimum atomic E-state index is -0.342. The largest absolute Gasteiger partial charge is 0.363 e. The van der Waals surface area contributed by atoms with Crippen LogP contribution in [0.5, 0.6) is 0 Å². The Kier molecular flexibility index (Phi) is 3.75. The van der Waals surface area contributed by atoms with Crippen molar-refractivity contribution in [2.75, 3.05) is 24.3 Å². The summed E-state index contributed by atoms with van der Waals surface area (Å²) in [5.74, 6) is 0.0350. The average molecular weight is 259 g/mol. The van der Waals surface area contributed by atoms with Crippen molar-refractivity contribution >= 4 is 17.4 Å². The van der Waals surface area contributed by atoms with Gasteiger partial charge in [-0.25, -0.2) is 9.37 Å². The highest BCUT2D eigenvalue weighted by molar-refractivity contribution is 6.03. The molecule has 5 heteroatoms. The van der Waals surface area contributed by atoms with Crippen LogP contribution in [0, 0.1) is 5.82 Å². The van der Waals surface area contributed by atoms with E-state index in [1.807, 2.05) is 25.1 Å². The predicted molar refractivity (Wildman–Crippen MR) is 72.9 cm³/mol. The molecular weight excluding hydrogens is 245 g/mol. The summed E-state index contributed by atoms with van der Waals surface area (Å²) < 4.78 is 12.8. The van der Waals surface area contributed by atoms with Crippen molar-refractivity contribution < 1.29 is 9.18 Å². The summed E-state index contributed by atoms with van der Waals surface area (Å²) >= 11 is 0. The Morgan fingerprint density at radius 2 is 1.84 bits per heavy atom. The first kappa shape index (κ1) is 13.0. The van der Waals surface area contributed by atoms with Gasteiger partial charge < -0.3 is 10.2 Å². The Balaban J connectivity index is 2.15. The standard InChI is InChI=1S/C14H14FN3O/c1-18(2)13-5-3-4-12(17-13)14(19)16-11-8-6-10(15)7-9-11/h3-9H,1-2H3,(H,16,19). The molecule has 0 bridgehead atoms. The molecular formula is C14H14FN3O. The van der Waals surface area contributed by atoms with Gasteiger partial charge in [-0.1, -0.05) is 6.07 Å². The van der Waals surface area contributed by atoms with Crippen LogP contribution in [-0.4, -0.2) is 25.0 Å². The maximum atomic E-state index is 12.8. The molecule has 98 valence electrons. The van der Waals surface area contributed by atoms with Crippen molar-refractivity contribution in [3.05, 3.63) is 54.0 Å². The molecule has 0 aliphatic rings. The first-order valence-corrected chi connectivity index (χ1v) is 5.77. The third kappa shape index (κ3) is 3.28. The molecule has 0 atom stereocenters. The number of aromatic nitrogens is 1. The van der Waals surface area contributed by atoms with Crippen molar-refractivity contribution in [1.29, 1.82) is 0 Å². The van der Waals surface area contributed by atoms with E-state index < -0.39 is 0 Å². The molecule has 1 aromatic heterocycles. The molecule has 0 aliphatic heterocycles. The van der Waals surface area contributed by atoms with E-state index in [1.54, 1.807) is 12.1 Å². The Bertz CT molecular complexity index is 581. The van der Waals surface area contributed by atoms with Gasteiger partial charge in [0.1, 0.15) is 17.3 Å². The van der Waals surface area contributed by atoms with E-state index in [9.17, 15) is 9.18 Å². The van der Waals surface area contributed by atoms with Crippen molar-refractivity contribution in [2.45, 2.75) is 0 Å². The number of anilines is 2. The highest BCUT2D eigenvalue weighted by Gasteiger charge is 2.09. The molecule has 1 aromatic carbocycles. The second-order valence-corrected chi connectivity index (χ2v) is 4.24. The maximum Gasteiger partial charge on any atom is 0.274 e. The Morgan fingerprint density at radius 3 is 2.47 bits per heavy atom. The number of carbonyl (C=O) groups is 1. The number of hydrogen-bond acceptors (Lipinski definition) is 3. The van der Waals surface area contributed by atoms with Gasteiger partial charge in [0, 0.05) is 19.8 Å². The zero-order chi connectivity index (χ0) is 13.8. The van der Waals surface area contributed by atoms with Crippen molar-refractivity contribution in [3.8, 4) is 0 Å². The third-order valence-electron chi connectivity index (χ3n) is 2.53. The van der Waals surface area contributed by atoms with Gasteiger partial charge in [-0.3, -0.25) is 4.79 Å². The number of halogens is 1. The Hall–Kier alpha value is -2.43. The lowest BCUT2D eigenvalue weighted by molar-refractivity contribution is 0.102. The van der Waals surface area contributed by atoms with Gasteiger partial charge in [-0.2, -0.15) is 0 Å². The van der Waals surface area contributed by atoms with E-state index in [0.29, 0.717) is 17.2 Å². The molecule has 1 N–H and O–H groups in total. The highest BCUT2D eigenvalue weighted by atomic mass is 19.1. The number of benzene rings is 1. The Morgan fingerprint density at radius 1 is 1.16 bits per heavy atom. The molecule has 0 aliphatic carbocycles. The fraction of sp³-hybridized carbons (Fsp3) is 0.143. The van der Waals surface area contributed by atoms with E-state index in [1.165, 1.54) is 24.3 Å². The van der Waals surface area contributed by atoms with Crippen LogP contribution in [0.4, 0.5) is 15.9 Å². The number of carbonyl (C=O) groups excluding carboxylic acids is 1. The second kappa shape index (κ2) is 5.48. The molecule has 0 radical (unpaired) electrons. The predicted octanol–water partition coefficient (Wildman–Crippen LogP) is 2.54. The van der Waals surface area contributed by atoms with E-state index in [2.05, 4.69) is 10.3 Å². The minimum absolute atomic E-state index is 0.315. The van der Waals surface area contributed by atoms with Crippen LogP contribution in [-0.2, 0) is 0 Å². The zero-order valence-corrected chi connectivity index (χ0v) is 10.7. The monoisotopic (exact) mass is 259 g/mol. The van der Waals surface area contributed by atoms with Gasteiger partial charge in [-0.15, -0.1) is 0 Å². The van der Waals surface area contributed by atoms with Gasteiger partial charge in [-0.05, 0) is 36.4 Å². The van der Waals surface area contributed by atoms with Gasteiger partial charge in [0.25, 0.3) is 5.91 Å². The van der Waals surface area contributed by atoms with Gasteiger partial charge in [0.05, 0.1) is 0 Å². The summed E-state index contributed by atoms with van der Waals surface area (Å²) in [7, 11) is 3.70. The molecule has 0 spiro atoms. The third-order valence-corrected chi connectivity index (χ3v) is 2.53. The number of amides is 1. The number of rotatable bonds is 3. The molecule has 1 amide bonds. The van der Waals surface area contributed by atoms with Crippen molar-refractivity contribution in [2.24, 2.45) is 0 Å². The first-order chi connectivity index (χ1) is 9.06. The number of pyridine rings is 1. The van der Waals surface area contributed by atoms with Gasteiger partial charge >= 0.3 is 0 Å². The summed E-state index contributed by atoms with van der Waals surface area (Å²) in [6, 6.07) is 10.8. The number of nitrogens with zero attached hydrogens (tertiary/aromatic N) is 2. The summed E-state index contributed by atoms with van der Waals surface area (Å²) in [6.07, 6.45) is 0. The minimum Gasteiger partial charge on any atom is -0.363 e. The molecule has 0 saturated carbocycles. The summed E-state index contributed by atoms with van der Waals surface area (Å²) in [6.45, 7) is 0. The van der Waals surface area contributed by atoms with E-state index >= 15 is 0 Å². The quantitative estimate of drug-likeness (QED) is 0.921. The molecule has 0 unspecified atom stereocenters.